The standard InChI is InChI=1S/C10H12BrNO/c1-12-4-2-3-8-9(11)5-7(13)6-10(8)12/h5-6,13H,2-4H2,1H3. The maximum Gasteiger partial charge on any atom is 0.118 e. The van der Waals surface area contributed by atoms with Crippen LogP contribution in [0.4, 0.5) is 5.69 Å². The molecule has 1 aromatic carbocycles. The van der Waals surface area contributed by atoms with Gasteiger partial charge in [0, 0.05) is 29.8 Å². The van der Waals surface area contributed by atoms with Gasteiger partial charge in [0.2, 0.25) is 0 Å². The topological polar surface area (TPSA) is 23.5 Å². The minimum absolute atomic E-state index is 0.333. The summed E-state index contributed by atoms with van der Waals surface area (Å²) in [4.78, 5) is 2.18. The van der Waals surface area contributed by atoms with E-state index in [0.717, 1.165) is 23.1 Å². The van der Waals surface area contributed by atoms with E-state index in [-0.39, 0.29) is 0 Å². The Morgan fingerprint density at radius 3 is 3.00 bits per heavy atom. The van der Waals surface area contributed by atoms with Gasteiger partial charge in [-0.15, -0.1) is 0 Å². The van der Waals surface area contributed by atoms with Gasteiger partial charge in [0.25, 0.3) is 0 Å². The van der Waals surface area contributed by atoms with Crippen molar-refractivity contribution in [1.82, 2.24) is 0 Å². The molecule has 0 aromatic heterocycles. The highest BCUT2D eigenvalue weighted by atomic mass is 79.9. The Hall–Kier alpha value is -0.700. The van der Waals surface area contributed by atoms with Gasteiger partial charge in [-0.2, -0.15) is 0 Å². The number of hydrogen-bond donors (Lipinski definition) is 1. The Kier molecular flexibility index (Phi) is 2.20. The molecule has 70 valence electrons. The Bertz CT molecular complexity index is 338. The lowest BCUT2D eigenvalue weighted by Gasteiger charge is -2.28. The summed E-state index contributed by atoms with van der Waals surface area (Å²) in [6, 6.07) is 3.59. The van der Waals surface area contributed by atoms with E-state index in [0.29, 0.717) is 5.75 Å². The number of phenols is 1. The van der Waals surface area contributed by atoms with Crippen molar-refractivity contribution in [1.29, 1.82) is 0 Å². The first kappa shape index (κ1) is 8.88. The van der Waals surface area contributed by atoms with E-state index in [4.69, 9.17) is 0 Å². The molecule has 0 aliphatic carbocycles. The summed E-state index contributed by atoms with van der Waals surface area (Å²) in [6.07, 6.45) is 2.29. The number of anilines is 1. The van der Waals surface area contributed by atoms with E-state index in [1.54, 1.807) is 6.07 Å². The molecule has 0 unspecified atom stereocenters. The summed E-state index contributed by atoms with van der Waals surface area (Å²) < 4.78 is 1.02. The summed E-state index contributed by atoms with van der Waals surface area (Å²) in [7, 11) is 2.06. The highest BCUT2D eigenvalue weighted by Gasteiger charge is 2.16. The van der Waals surface area contributed by atoms with Crippen molar-refractivity contribution in [3.8, 4) is 5.75 Å². The minimum atomic E-state index is 0.333. The van der Waals surface area contributed by atoms with Gasteiger partial charge in [-0.1, -0.05) is 15.9 Å². The molecule has 0 radical (unpaired) electrons. The Morgan fingerprint density at radius 2 is 2.23 bits per heavy atom. The average Bonchev–Trinajstić information content (AvgIpc) is 2.07. The van der Waals surface area contributed by atoms with Crippen molar-refractivity contribution in [3.05, 3.63) is 22.2 Å². The second kappa shape index (κ2) is 3.22. The zero-order chi connectivity index (χ0) is 9.42. The molecule has 13 heavy (non-hydrogen) atoms. The Labute approximate surface area is 86.3 Å². The molecular formula is C10H12BrNO. The quantitative estimate of drug-likeness (QED) is 0.755. The van der Waals surface area contributed by atoms with Crippen LogP contribution in [-0.4, -0.2) is 18.7 Å². The van der Waals surface area contributed by atoms with Crippen molar-refractivity contribution >= 4 is 21.6 Å². The zero-order valence-electron chi connectivity index (χ0n) is 7.55. The smallest absolute Gasteiger partial charge is 0.118 e. The van der Waals surface area contributed by atoms with Crippen molar-refractivity contribution in [2.75, 3.05) is 18.5 Å². The predicted octanol–water partition coefficient (Wildman–Crippen LogP) is 2.54. The molecule has 1 heterocycles. The lowest BCUT2D eigenvalue weighted by molar-refractivity contribution is 0.474. The summed E-state index contributed by atoms with van der Waals surface area (Å²) in [5, 5.41) is 9.43. The summed E-state index contributed by atoms with van der Waals surface area (Å²) in [6.45, 7) is 1.07. The molecule has 0 saturated carbocycles. The largest absolute Gasteiger partial charge is 0.508 e. The first-order chi connectivity index (χ1) is 6.18. The number of aromatic hydroxyl groups is 1. The third-order valence-electron chi connectivity index (χ3n) is 2.49. The molecule has 0 fully saturated rings. The first-order valence-corrected chi connectivity index (χ1v) is 5.20. The average molecular weight is 242 g/mol. The van der Waals surface area contributed by atoms with Crippen molar-refractivity contribution in [2.24, 2.45) is 0 Å². The molecule has 1 N–H and O–H groups in total. The van der Waals surface area contributed by atoms with Gasteiger partial charge in [0.15, 0.2) is 0 Å². The van der Waals surface area contributed by atoms with Gasteiger partial charge in [0.05, 0.1) is 0 Å². The van der Waals surface area contributed by atoms with E-state index < -0.39 is 0 Å². The van der Waals surface area contributed by atoms with Crippen LogP contribution >= 0.6 is 15.9 Å². The number of hydrogen-bond acceptors (Lipinski definition) is 2. The molecule has 0 amide bonds. The van der Waals surface area contributed by atoms with Crippen LogP contribution in [0.5, 0.6) is 5.75 Å². The lowest BCUT2D eigenvalue weighted by atomic mass is 10.0. The molecule has 1 aliphatic rings. The molecular weight excluding hydrogens is 230 g/mol. The molecule has 0 spiro atoms. The second-order valence-electron chi connectivity index (χ2n) is 3.45. The molecule has 0 saturated heterocycles. The number of fused-ring (bicyclic) bond motifs is 1. The SMILES string of the molecule is CN1CCCc2c(Br)cc(O)cc21. The normalized spacial score (nSPS) is 15.7. The van der Waals surface area contributed by atoms with Crippen LogP contribution in [0.25, 0.3) is 0 Å². The van der Waals surface area contributed by atoms with Crippen LogP contribution in [0.1, 0.15) is 12.0 Å². The fraction of sp³-hybridized carbons (Fsp3) is 0.400. The van der Waals surface area contributed by atoms with Gasteiger partial charge in [-0.05, 0) is 24.5 Å². The summed E-state index contributed by atoms with van der Waals surface area (Å²) in [5.74, 6) is 0.333. The van der Waals surface area contributed by atoms with Crippen LogP contribution in [0.3, 0.4) is 0 Å². The second-order valence-corrected chi connectivity index (χ2v) is 4.30. The number of benzene rings is 1. The van der Waals surface area contributed by atoms with E-state index in [1.807, 2.05) is 6.07 Å². The van der Waals surface area contributed by atoms with Gasteiger partial charge in [-0.25, -0.2) is 0 Å². The molecule has 2 nitrogen and oxygen atoms in total. The van der Waals surface area contributed by atoms with E-state index >= 15 is 0 Å². The fourth-order valence-electron chi connectivity index (χ4n) is 1.81. The van der Waals surface area contributed by atoms with Crippen molar-refractivity contribution in [3.63, 3.8) is 0 Å². The van der Waals surface area contributed by atoms with Gasteiger partial charge in [0.1, 0.15) is 5.75 Å². The van der Waals surface area contributed by atoms with Gasteiger partial charge < -0.3 is 10.0 Å². The maximum absolute atomic E-state index is 9.43. The number of halogens is 1. The monoisotopic (exact) mass is 241 g/mol. The van der Waals surface area contributed by atoms with Gasteiger partial charge >= 0.3 is 0 Å². The Morgan fingerprint density at radius 1 is 1.46 bits per heavy atom. The molecule has 0 atom stereocenters. The number of rotatable bonds is 0. The predicted molar refractivity (Wildman–Crippen MR) is 57.4 cm³/mol. The summed E-state index contributed by atoms with van der Waals surface area (Å²) in [5.41, 5.74) is 2.46. The third kappa shape index (κ3) is 1.53. The summed E-state index contributed by atoms with van der Waals surface area (Å²) >= 11 is 3.47. The Balaban J connectivity index is 2.56. The van der Waals surface area contributed by atoms with Crippen LogP contribution in [-0.2, 0) is 6.42 Å². The molecule has 2 rings (SSSR count). The van der Waals surface area contributed by atoms with Crippen LogP contribution in [0.2, 0.25) is 0 Å². The van der Waals surface area contributed by atoms with Crippen molar-refractivity contribution in [2.45, 2.75) is 12.8 Å². The first-order valence-electron chi connectivity index (χ1n) is 4.41. The molecule has 1 aromatic rings. The van der Waals surface area contributed by atoms with Crippen LogP contribution in [0.15, 0.2) is 16.6 Å². The fourth-order valence-corrected chi connectivity index (χ4v) is 2.45. The van der Waals surface area contributed by atoms with Crippen LogP contribution < -0.4 is 4.90 Å². The zero-order valence-corrected chi connectivity index (χ0v) is 9.13. The van der Waals surface area contributed by atoms with E-state index in [9.17, 15) is 5.11 Å². The number of phenolic OH excluding ortho intramolecular Hbond substituents is 1. The maximum atomic E-state index is 9.43. The molecule has 0 bridgehead atoms. The van der Waals surface area contributed by atoms with Gasteiger partial charge in [-0.3, -0.25) is 0 Å². The minimum Gasteiger partial charge on any atom is -0.508 e. The van der Waals surface area contributed by atoms with E-state index in [1.165, 1.54) is 12.0 Å². The highest BCUT2D eigenvalue weighted by molar-refractivity contribution is 9.10. The van der Waals surface area contributed by atoms with Crippen molar-refractivity contribution < 1.29 is 5.11 Å². The highest BCUT2D eigenvalue weighted by Crippen LogP contribution is 2.35. The van der Waals surface area contributed by atoms with E-state index in [2.05, 4.69) is 27.9 Å². The molecule has 3 heteroatoms. The lowest BCUT2D eigenvalue weighted by Crippen LogP contribution is -2.24. The number of nitrogens with zero attached hydrogens (tertiary/aromatic N) is 1. The molecule has 1 aliphatic heterocycles. The third-order valence-corrected chi connectivity index (χ3v) is 3.20. The van der Waals surface area contributed by atoms with Crippen LogP contribution in [0, 0.1) is 0 Å².